The number of nitrogens with zero attached hydrogens (tertiary/aromatic N) is 1. The molecule has 7 heteroatoms. The van der Waals surface area contributed by atoms with Crippen LogP contribution in [0.1, 0.15) is 4.88 Å². The molecule has 1 aromatic carbocycles. The summed E-state index contributed by atoms with van der Waals surface area (Å²) in [5, 5.41) is 0.525. The molecule has 116 valence electrons. The van der Waals surface area contributed by atoms with Crippen LogP contribution >= 0.6 is 22.9 Å². The number of primary amides is 1. The van der Waals surface area contributed by atoms with E-state index in [1.165, 1.54) is 11.3 Å². The van der Waals surface area contributed by atoms with Gasteiger partial charge in [0.05, 0.1) is 22.7 Å². The first-order valence-corrected chi connectivity index (χ1v) is 7.96. The molecule has 23 heavy (non-hydrogen) atoms. The van der Waals surface area contributed by atoms with Gasteiger partial charge in [-0.2, -0.15) is 4.98 Å². The topological polar surface area (TPSA) is 88.8 Å². The number of benzene rings is 1. The van der Waals surface area contributed by atoms with Crippen LogP contribution in [0, 0.1) is 0 Å². The van der Waals surface area contributed by atoms with Gasteiger partial charge in [-0.1, -0.05) is 29.8 Å². The lowest BCUT2D eigenvalue weighted by molar-refractivity contribution is -0.117. The summed E-state index contributed by atoms with van der Waals surface area (Å²) in [6.07, 6.45) is 0.178. The Morgan fingerprint density at radius 2 is 2.04 bits per heavy atom. The van der Waals surface area contributed by atoms with Crippen LogP contribution in [0.3, 0.4) is 0 Å². The number of nitrogens with one attached hydrogen (secondary N) is 1. The summed E-state index contributed by atoms with van der Waals surface area (Å²) in [4.78, 5) is 31.2. The van der Waals surface area contributed by atoms with Crippen molar-refractivity contribution in [1.82, 2.24) is 9.97 Å². The summed E-state index contributed by atoms with van der Waals surface area (Å²) in [7, 11) is 0. The largest absolute Gasteiger partial charge is 0.369 e. The molecular formula is C16H12ClN3O2S. The van der Waals surface area contributed by atoms with Gasteiger partial charge in [0.25, 0.3) is 0 Å². The molecule has 0 radical (unpaired) electrons. The third-order valence-electron chi connectivity index (χ3n) is 3.17. The summed E-state index contributed by atoms with van der Waals surface area (Å²) >= 11 is 7.57. The molecule has 0 aliphatic rings. The maximum atomic E-state index is 11.9. The number of H-pyrrole nitrogens is 1. The van der Waals surface area contributed by atoms with E-state index < -0.39 is 11.6 Å². The van der Waals surface area contributed by atoms with Crippen molar-refractivity contribution in [2.75, 3.05) is 0 Å². The van der Waals surface area contributed by atoms with Crippen LogP contribution in [-0.4, -0.2) is 15.9 Å². The highest BCUT2D eigenvalue weighted by atomic mass is 35.5. The number of thiophene rings is 1. The Kier molecular flexibility index (Phi) is 4.27. The molecule has 0 unspecified atom stereocenters. The van der Waals surface area contributed by atoms with E-state index in [2.05, 4.69) is 9.97 Å². The summed E-state index contributed by atoms with van der Waals surface area (Å²) in [6.45, 7) is 0. The monoisotopic (exact) mass is 345 g/mol. The Hall–Kier alpha value is -2.44. The summed E-state index contributed by atoms with van der Waals surface area (Å²) in [5.41, 5.74) is 6.56. The minimum Gasteiger partial charge on any atom is -0.369 e. The van der Waals surface area contributed by atoms with E-state index in [0.29, 0.717) is 22.0 Å². The first-order chi connectivity index (χ1) is 11.0. The number of halogens is 1. The first-order valence-electron chi connectivity index (χ1n) is 6.76. The molecule has 0 aliphatic heterocycles. The van der Waals surface area contributed by atoms with E-state index in [1.807, 2.05) is 24.3 Å². The Bertz CT molecular complexity index is 933. The second-order valence-electron chi connectivity index (χ2n) is 4.87. The van der Waals surface area contributed by atoms with Crippen molar-refractivity contribution in [2.45, 2.75) is 6.42 Å². The minimum atomic E-state index is -0.456. The molecule has 0 bridgehead atoms. The van der Waals surface area contributed by atoms with Gasteiger partial charge >= 0.3 is 5.69 Å². The van der Waals surface area contributed by atoms with Gasteiger partial charge in [0.15, 0.2) is 0 Å². The van der Waals surface area contributed by atoms with Gasteiger partial charge in [-0.05, 0) is 24.3 Å². The Morgan fingerprint density at radius 3 is 2.78 bits per heavy atom. The molecular weight excluding hydrogens is 334 g/mol. The number of hydrogen-bond acceptors (Lipinski definition) is 4. The van der Waals surface area contributed by atoms with E-state index in [0.717, 1.165) is 9.75 Å². The molecule has 3 aromatic rings. The number of carbonyl (C=O) groups is 1. The zero-order chi connectivity index (χ0) is 16.4. The van der Waals surface area contributed by atoms with Crippen molar-refractivity contribution in [3.8, 4) is 21.8 Å². The molecule has 5 nitrogen and oxygen atoms in total. The van der Waals surface area contributed by atoms with Crippen molar-refractivity contribution in [1.29, 1.82) is 0 Å². The lowest BCUT2D eigenvalue weighted by atomic mass is 10.1. The van der Waals surface area contributed by atoms with Crippen molar-refractivity contribution in [3.63, 3.8) is 0 Å². The maximum absolute atomic E-state index is 11.9. The van der Waals surface area contributed by atoms with E-state index >= 15 is 0 Å². The molecule has 0 saturated carbocycles. The molecule has 1 amide bonds. The van der Waals surface area contributed by atoms with Crippen LogP contribution in [-0.2, 0) is 11.2 Å². The molecule has 0 aliphatic carbocycles. The van der Waals surface area contributed by atoms with E-state index in [1.54, 1.807) is 18.2 Å². The highest BCUT2D eigenvalue weighted by Gasteiger charge is 2.11. The molecule has 0 atom stereocenters. The van der Waals surface area contributed by atoms with Crippen LogP contribution in [0.4, 0.5) is 0 Å². The summed E-state index contributed by atoms with van der Waals surface area (Å²) in [5.74, 6) is -0.390. The van der Waals surface area contributed by atoms with Crippen molar-refractivity contribution < 1.29 is 4.79 Å². The van der Waals surface area contributed by atoms with Gasteiger partial charge in [-0.3, -0.25) is 4.79 Å². The maximum Gasteiger partial charge on any atom is 0.345 e. The number of aromatic amines is 1. The van der Waals surface area contributed by atoms with Crippen LogP contribution in [0.15, 0.2) is 47.3 Å². The Balaban J connectivity index is 2.04. The molecule has 0 saturated heterocycles. The normalized spacial score (nSPS) is 10.7. The fourth-order valence-corrected chi connectivity index (χ4v) is 3.41. The van der Waals surface area contributed by atoms with Crippen molar-refractivity contribution in [3.05, 3.63) is 62.8 Å². The number of hydrogen-bond donors (Lipinski definition) is 2. The van der Waals surface area contributed by atoms with E-state index in [9.17, 15) is 9.59 Å². The number of amides is 1. The van der Waals surface area contributed by atoms with Gasteiger partial charge in [0, 0.05) is 15.5 Å². The standard InChI is InChI=1S/C16H12ClN3O2S/c17-11-4-2-1-3-10(11)12-8-13(20-16(22)19-12)14-6-5-9(23-14)7-15(18)21/h1-6,8H,7H2,(H2,18,21)(H,19,20,22). The number of rotatable bonds is 4. The zero-order valence-corrected chi connectivity index (χ0v) is 13.4. The molecule has 2 aromatic heterocycles. The van der Waals surface area contributed by atoms with Crippen LogP contribution in [0.25, 0.3) is 21.8 Å². The van der Waals surface area contributed by atoms with Crippen molar-refractivity contribution >= 4 is 28.8 Å². The quantitative estimate of drug-likeness (QED) is 0.762. The predicted molar refractivity (Wildman–Crippen MR) is 91.5 cm³/mol. The van der Waals surface area contributed by atoms with E-state index in [-0.39, 0.29) is 6.42 Å². The third kappa shape index (κ3) is 3.49. The second kappa shape index (κ2) is 6.36. The molecule has 0 fully saturated rings. The highest BCUT2D eigenvalue weighted by molar-refractivity contribution is 7.15. The fourth-order valence-electron chi connectivity index (χ4n) is 2.19. The number of aromatic nitrogens is 2. The van der Waals surface area contributed by atoms with E-state index in [4.69, 9.17) is 17.3 Å². The molecule has 0 spiro atoms. The number of nitrogens with two attached hydrogens (primary N) is 1. The second-order valence-corrected chi connectivity index (χ2v) is 6.45. The van der Waals surface area contributed by atoms with Gasteiger partial charge in [0.2, 0.25) is 5.91 Å². The van der Waals surface area contributed by atoms with Crippen molar-refractivity contribution in [2.24, 2.45) is 5.73 Å². The van der Waals surface area contributed by atoms with Crippen LogP contribution in [0.5, 0.6) is 0 Å². The minimum absolute atomic E-state index is 0.178. The Labute approximate surface area is 140 Å². The van der Waals surface area contributed by atoms with Gasteiger partial charge in [-0.15, -0.1) is 11.3 Å². The molecule has 3 N–H and O–H groups in total. The lowest BCUT2D eigenvalue weighted by Gasteiger charge is -2.05. The smallest absolute Gasteiger partial charge is 0.345 e. The summed E-state index contributed by atoms with van der Waals surface area (Å²) in [6, 6.07) is 12.6. The average molecular weight is 346 g/mol. The predicted octanol–water partition coefficient (Wildman–Crippen LogP) is 2.85. The highest BCUT2D eigenvalue weighted by Crippen LogP contribution is 2.30. The van der Waals surface area contributed by atoms with Gasteiger partial charge in [0.1, 0.15) is 0 Å². The van der Waals surface area contributed by atoms with Gasteiger partial charge in [-0.25, -0.2) is 4.79 Å². The Morgan fingerprint density at radius 1 is 1.26 bits per heavy atom. The zero-order valence-electron chi connectivity index (χ0n) is 11.9. The SMILES string of the molecule is NC(=O)Cc1ccc(-c2cc(-c3ccccc3Cl)nc(=O)[nH]2)s1. The summed E-state index contributed by atoms with van der Waals surface area (Å²) < 4.78 is 0. The molecule has 3 rings (SSSR count). The molecule has 2 heterocycles. The number of carbonyl (C=O) groups excluding carboxylic acids is 1. The first kappa shape index (κ1) is 15.5. The average Bonchev–Trinajstić information content (AvgIpc) is 2.95. The third-order valence-corrected chi connectivity index (χ3v) is 4.62. The van der Waals surface area contributed by atoms with Crippen LogP contribution < -0.4 is 11.4 Å². The van der Waals surface area contributed by atoms with Crippen LogP contribution in [0.2, 0.25) is 5.02 Å². The van der Waals surface area contributed by atoms with Gasteiger partial charge < -0.3 is 10.7 Å². The lowest BCUT2D eigenvalue weighted by Crippen LogP contribution is -2.12. The fraction of sp³-hybridized carbons (Fsp3) is 0.0625.